The molecule has 1 rings (SSSR count). The molecule has 14 heavy (non-hydrogen) atoms. The van der Waals surface area contributed by atoms with Gasteiger partial charge in [-0.25, -0.2) is 0 Å². The standard InChI is InChI=1S/C11H13NO2/c1-8(13)9-5-4-6-10(7-9)11(14)12(2)3/h4-7H,1-3H3. The topological polar surface area (TPSA) is 37.4 Å². The van der Waals surface area contributed by atoms with Gasteiger partial charge in [-0.2, -0.15) is 0 Å². The Hall–Kier alpha value is -1.64. The molecule has 1 aromatic carbocycles. The molecule has 1 aromatic rings. The quantitative estimate of drug-likeness (QED) is 0.666. The van der Waals surface area contributed by atoms with Gasteiger partial charge in [0.25, 0.3) is 5.91 Å². The van der Waals surface area contributed by atoms with Crippen LogP contribution >= 0.6 is 0 Å². The molecular formula is C11H13NO2. The number of benzene rings is 1. The SMILES string of the molecule is CC(=O)c1cccc(C(=O)N(C)C)c1. The van der Waals surface area contributed by atoms with Crippen LogP contribution in [0.5, 0.6) is 0 Å². The largest absolute Gasteiger partial charge is 0.345 e. The van der Waals surface area contributed by atoms with Gasteiger partial charge < -0.3 is 4.90 Å². The highest BCUT2D eigenvalue weighted by molar-refractivity contribution is 5.99. The van der Waals surface area contributed by atoms with E-state index < -0.39 is 0 Å². The van der Waals surface area contributed by atoms with Crippen LogP contribution in [-0.2, 0) is 0 Å². The number of hydrogen-bond donors (Lipinski definition) is 0. The fraction of sp³-hybridized carbons (Fsp3) is 0.273. The van der Waals surface area contributed by atoms with Crippen molar-refractivity contribution in [3.63, 3.8) is 0 Å². The first-order valence-corrected chi connectivity index (χ1v) is 4.35. The number of carbonyl (C=O) groups is 2. The van der Waals surface area contributed by atoms with E-state index in [0.717, 1.165) is 0 Å². The van der Waals surface area contributed by atoms with Gasteiger partial charge in [0, 0.05) is 25.2 Å². The molecule has 0 aliphatic rings. The zero-order chi connectivity index (χ0) is 10.7. The van der Waals surface area contributed by atoms with E-state index in [1.54, 1.807) is 38.4 Å². The molecule has 0 N–H and O–H groups in total. The van der Waals surface area contributed by atoms with E-state index in [4.69, 9.17) is 0 Å². The minimum Gasteiger partial charge on any atom is -0.345 e. The molecule has 0 atom stereocenters. The number of hydrogen-bond acceptors (Lipinski definition) is 2. The predicted molar refractivity (Wildman–Crippen MR) is 54.5 cm³/mol. The molecule has 0 unspecified atom stereocenters. The summed E-state index contributed by atoms with van der Waals surface area (Å²) in [6, 6.07) is 6.74. The highest BCUT2D eigenvalue weighted by atomic mass is 16.2. The summed E-state index contributed by atoms with van der Waals surface area (Å²) in [5, 5.41) is 0. The second kappa shape index (κ2) is 4.05. The van der Waals surface area contributed by atoms with Crippen molar-refractivity contribution in [1.29, 1.82) is 0 Å². The van der Waals surface area contributed by atoms with Crippen molar-refractivity contribution in [1.82, 2.24) is 4.90 Å². The zero-order valence-corrected chi connectivity index (χ0v) is 8.57. The average Bonchev–Trinajstić information content (AvgIpc) is 2.16. The van der Waals surface area contributed by atoms with Crippen molar-refractivity contribution < 1.29 is 9.59 Å². The lowest BCUT2D eigenvalue weighted by Crippen LogP contribution is -2.21. The second-order valence-electron chi connectivity index (χ2n) is 3.34. The summed E-state index contributed by atoms with van der Waals surface area (Å²) in [5.41, 5.74) is 1.11. The van der Waals surface area contributed by atoms with Gasteiger partial charge in [0.05, 0.1) is 0 Å². The van der Waals surface area contributed by atoms with E-state index in [-0.39, 0.29) is 11.7 Å². The number of amides is 1. The van der Waals surface area contributed by atoms with E-state index >= 15 is 0 Å². The Labute approximate surface area is 83.3 Å². The van der Waals surface area contributed by atoms with Crippen molar-refractivity contribution in [2.24, 2.45) is 0 Å². The number of ketones is 1. The highest BCUT2D eigenvalue weighted by Gasteiger charge is 2.09. The highest BCUT2D eigenvalue weighted by Crippen LogP contribution is 2.07. The molecule has 3 heteroatoms. The van der Waals surface area contributed by atoms with Crippen LogP contribution in [0.25, 0.3) is 0 Å². The van der Waals surface area contributed by atoms with Gasteiger partial charge >= 0.3 is 0 Å². The molecule has 0 spiro atoms. The van der Waals surface area contributed by atoms with Crippen LogP contribution in [0.2, 0.25) is 0 Å². The Morgan fingerprint density at radius 3 is 2.21 bits per heavy atom. The van der Waals surface area contributed by atoms with Crippen LogP contribution in [-0.4, -0.2) is 30.7 Å². The summed E-state index contributed by atoms with van der Waals surface area (Å²) in [7, 11) is 3.37. The molecule has 0 aliphatic heterocycles. The Morgan fingerprint density at radius 1 is 1.14 bits per heavy atom. The maximum atomic E-state index is 11.5. The number of nitrogens with zero attached hydrogens (tertiary/aromatic N) is 1. The van der Waals surface area contributed by atoms with E-state index in [0.29, 0.717) is 11.1 Å². The minimum absolute atomic E-state index is 0.0293. The third kappa shape index (κ3) is 2.19. The number of carbonyl (C=O) groups excluding carboxylic acids is 2. The fourth-order valence-corrected chi connectivity index (χ4v) is 1.13. The molecule has 1 amide bonds. The molecule has 0 fully saturated rings. The van der Waals surface area contributed by atoms with Crippen molar-refractivity contribution in [2.75, 3.05) is 14.1 Å². The molecule has 0 radical (unpaired) electrons. The Bertz CT molecular complexity index is 369. The smallest absolute Gasteiger partial charge is 0.253 e. The lowest BCUT2D eigenvalue weighted by molar-refractivity contribution is 0.0827. The lowest BCUT2D eigenvalue weighted by atomic mass is 10.1. The number of rotatable bonds is 2. The molecule has 3 nitrogen and oxygen atoms in total. The average molecular weight is 191 g/mol. The van der Waals surface area contributed by atoms with Gasteiger partial charge in [-0.05, 0) is 19.1 Å². The summed E-state index contributed by atoms with van der Waals surface area (Å²) >= 11 is 0. The third-order valence-electron chi connectivity index (χ3n) is 1.92. The molecule has 0 saturated carbocycles. The monoisotopic (exact) mass is 191 g/mol. The molecule has 0 bridgehead atoms. The van der Waals surface area contributed by atoms with Gasteiger partial charge in [-0.15, -0.1) is 0 Å². The van der Waals surface area contributed by atoms with Gasteiger partial charge in [0.15, 0.2) is 5.78 Å². The predicted octanol–water partition coefficient (Wildman–Crippen LogP) is 1.59. The first-order valence-electron chi connectivity index (χ1n) is 4.35. The first-order chi connectivity index (χ1) is 6.52. The van der Waals surface area contributed by atoms with Gasteiger partial charge in [-0.3, -0.25) is 9.59 Å². The molecule has 74 valence electrons. The molecule has 0 aliphatic carbocycles. The summed E-state index contributed by atoms with van der Waals surface area (Å²) in [6.07, 6.45) is 0. The Kier molecular flexibility index (Phi) is 3.02. The molecule has 0 aromatic heterocycles. The van der Waals surface area contributed by atoms with Crippen LogP contribution in [0.3, 0.4) is 0 Å². The summed E-state index contributed by atoms with van der Waals surface area (Å²) < 4.78 is 0. The first kappa shape index (κ1) is 10.4. The van der Waals surface area contributed by atoms with Crippen LogP contribution in [0.1, 0.15) is 27.6 Å². The summed E-state index contributed by atoms with van der Waals surface area (Å²) in [4.78, 5) is 24.1. The van der Waals surface area contributed by atoms with Crippen LogP contribution in [0.4, 0.5) is 0 Å². The maximum Gasteiger partial charge on any atom is 0.253 e. The van der Waals surface area contributed by atoms with Crippen LogP contribution < -0.4 is 0 Å². The number of Topliss-reactive ketones (excluding diaryl/α,β-unsaturated/α-hetero) is 1. The van der Waals surface area contributed by atoms with Crippen molar-refractivity contribution >= 4 is 11.7 Å². The second-order valence-corrected chi connectivity index (χ2v) is 3.34. The van der Waals surface area contributed by atoms with Crippen molar-refractivity contribution in [3.8, 4) is 0 Å². The van der Waals surface area contributed by atoms with Crippen LogP contribution in [0.15, 0.2) is 24.3 Å². The maximum absolute atomic E-state index is 11.5. The van der Waals surface area contributed by atoms with Gasteiger partial charge in [0.2, 0.25) is 0 Å². The third-order valence-corrected chi connectivity index (χ3v) is 1.92. The van der Waals surface area contributed by atoms with Crippen molar-refractivity contribution in [3.05, 3.63) is 35.4 Å². The Balaban J connectivity index is 3.06. The van der Waals surface area contributed by atoms with Gasteiger partial charge in [0.1, 0.15) is 0 Å². The Morgan fingerprint density at radius 2 is 1.71 bits per heavy atom. The molecule has 0 heterocycles. The van der Waals surface area contributed by atoms with E-state index in [1.165, 1.54) is 11.8 Å². The van der Waals surface area contributed by atoms with Crippen molar-refractivity contribution in [2.45, 2.75) is 6.92 Å². The molecule has 0 saturated heterocycles. The molecular weight excluding hydrogens is 178 g/mol. The van der Waals surface area contributed by atoms with E-state index in [9.17, 15) is 9.59 Å². The normalized spacial score (nSPS) is 9.64. The van der Waals surface area contributed by atoms with E-state index in [2.05, 4.69) is 0 Å². The summed E-state index contributed by atoms with van der Waals surface area (Å²) in [5.74, 6) is -0.119. The fourth-order valence-electron chi connectivity index (χ4n) is 1.13. The lowest BCUT2D eigenvalue weighted by Gasteiger charge is -2.10. The van der Waals surface area contributed by atoms with Gasteiger partial charge in [-0.1, -0.05) is 12.1 Å². The zero-order valence-electron chi connectivity index (χ0n) is 8.57. The minimum atomic E-state index is -0.0897. The van der Waals surface area contributed by atoms with E-state index in [1.807, 2.05) is 0 Å². The van der Waals surface area contributed by atoms with Crippen LogP contribution in [0, 0.1) is 0 Å². The summed E-state index contributed by atoms with van der Waals surface area (Å²) in [6.45, 7) is 1.49.